The summed E-state index contributed by atoms with van der Waals surface area (Å²) < 4.78 is 7.75. The van der Waals surface area contributed by atoms with Crippen LogP contribution in [0.3, 0.4) is 0 Å². The Morgan fingerprint density at radius 1 is 1.17 bits per heavy atom. The van der Waals surface area contributed by atoms with Crippen molar-refractivity contribution in [2.45, 2.75) is 29.8 Å². The molecular weight excluding hydrogens is 402 g/mol. The number of furan rings is 1. The Morgan fingerprint density at radius 2 is 2.10 bits per heavy atom. The van der Waals surface area contributed by atoms with Gasteiger partial charge in [0.05, 0.1) is 12.0 Å². The number of aromatic amines is 1. The fourth-order valence-corrected chi connectivity index (χ4v) is 5.29. The molecule has 6 nitrogen and oxygen atoms in total. The zero-order valence-corrected chi connectivity index (χ0v) is 17.0. The lowest BCUT2D eigenvalue weighted by Crippen LogP contribution is -1.99. The first-order chi connectivity index (χ1) is 14.4. The van der Waals surface area contributed by atoms with E-state index >= 15 is 0 Å². The van der Waals surface area contributed by atoms with Gasteiger partial charge in [-0.1, -0.05) is 30.0 Å². The van der Waals surface area contributed by atoms with Crippen LogP contribution in [0.1, 0.15) is 24.6 Å². The van der Waals surface area contributed by atoms with E-state index in [4.69, 9.17) is 9.40 Å². The maximum atomic E-state index is 5.45. The SMILES string of the molecule is c1coc(-c2nc(CSc3nnc(-c4c[nH]c5ccccc45)n3C3CC3)cs2)c1. The second kappa shape index (κ2) is 6.89. The molecule has 0 unspecified atom stereocenters. The van der Waals surface area contributed by atoms with Gasteiger partial charge in [-0.3, -0.25) is 4.57 Å². The molecule has 0 saturated heterocycles. The van der Waals surface area contributed by atoms with Gasteiger partial charge in [-0.2, -0.15) is 0 Å². The van der Waals surface area contributed by atoms with Crippen molar-refractivity contribution in [3.63, 3.8) is 0 Å². The normalized spacial score (nSPS) is 14.1. The van der Waals surface area contributed by atoms with Crippen LogP contribution in [-0.4, -0.2) is 24.7 Å². The van der Waals surface area contributed by atoms with Gasteiger partial charge in [0, 0.05) is 39.8 Å². The van der Waals surface area contributed by atoms with Gasteiger partial charge in [-0.25, -0.2) is 4.98 Å². The molecule has 0 radical (unpaired) electrons. The smallest absolute Gasteiger partial charge is 0.192 e. The zero-order valence-electron chi connectivity index (χ0n) is 15.4. The van der Waals surface area contributed by atoms with Crippen LogP contribution in [0.2, 0.25) is 0 Å². The summed E-state index contributed by atoms with van der Waals surface area (Å²) in [5, 5.41) is 14.2. The maximum absolute atomic E-state index is 5.45. The number of rotatable bonds is 6. The molecule has 0 amide bonds. The number of hydrogen-bond acceptors (Lipinski definition) is 6. The first kappa shape index (κ1) is 17.1. The molecule has 0 bridgehead atoms. The molecule has 1 N–H and O–H groups in total. The van der Waals surface area contributed by atoms with Crippen LogP contribution < -0.4 is 0 Å². The quantitative estimate of drug-likeness (QED) is 0.354. The maximum Gasteiger partial charge on any atom is 0.192 e. The molecular formula is C21H17N5OS2. The van der Waals surface area contributed by atoms with Crippen molar-refractivity contribution in [1.29, 1.82) is 0 Å². The van der Waals surface area contributed by atoms with Crippen molar-refractivity contribution in [2.75, 3.05) is 0 Å². The predicted molar refractivity (Wildman–Crippen MR) is 115 cm³/mol. The Balaban J connectivity index is 1.29. The average Bonchev–Trinajstić information content (AvgIpc) is 3.22. The van der Waals surface area contributed by atoms with Crippen LogP contribution in [0.4, 0.5) is 0 Å². The van der Waals surface area contributed by atoms with Crippen LogP contribution in [0.5, 0.6) is 0 Å². The number of fused-ring (bicyclic) bond motifs is 1. The lowest BCUT2D eigenvalue weighted by Gasteiger charge is -2.07. The van der Waals surface area contributed by atoms with Crippen LogP contribution in [0.25, 0.3) is 33.1 Å². The standard InChI is InChI=1S/C21H17N5OS2/c1-2-5-17-15(4-1)16(10-22-17)19-24-25-21(26(19)14-7-8-14)29-12-13-11-28-20(23-13)18-6-3-9-27-18/h1-6,9-11,14,22H,7-8,12H2. The molecule has 0 atom stereocenters. The van der Waals surface area contributed by atoms with Crippen LogP contribution in [0, 0.1) is 0 Å². The van der Waals surface area contributed by atoms with Gasteiger partial charge in [-0.05, 0) is 31.0 Å². The first-order valence-corrected chi connectivity index (χ1v) is 11.4. The fourth-order valence-electron chi connectivity index (χ4n) is 3.50. The third kappa shape index (κ3) is 3.08. The summed E-state index contributed by atoms with van der Waals surface area (Å²) in [5.74, 6) is 2.52. The van der Waals surface area contributed by atoms with Crippen molar-refractivity contribution in [1.82, 2.24) is 24.7 Å². The number of nitrogens with one attached hydrogen (secondary N) is 1. The van der Waals surface area contributed by atoms with Crippen molar-refractivity contribution in [2.24, 2.45) is 0 Å². The predicted octanol–water partition coefficient (Wildman–Crippen LogP) is 5.77. The van der Waals surface area contributed by atoms with Gasteiger partial charge in [0.1, 0.15) is 0 Å². The van der Waals surface area contributed by atoms with E-state index < -0.39 is 0 Å². The fraction of sp³-hybridized carbons (Fsp3) is 0.190. The number of aromatic nitrogens is 5. The number of nitrogens with zero attached hydrogens (tertiary/aromatic N) is 4. The van der Waals surface area contributed by atoms with E-state index in [1.807, 2.05) is 24.4 Å². The second-order valence-corrected chi connectivity index (χ2v) is 8.87. The van der Waals surface area contributed by atoms with Crippen molar-refractivity contribution in [3.05, 3.63) is 59.9 Å². The molecule has 1 saturated carbocycles. The monoisotopic (exact) mass is 419 g/mol. The summed E-state index contributed by atoms with van der Waals surface area (Å²) in [6.07, 6.45) is 6.08. The van der Waals surface area contributed by atoms with Gasteiger partial charge in [0.2, 0.25) is 0 Å². The average molecular weight is 420 g/mol. The number of benzene rings is 1. The number of para-hydroxylation sites is 1. The largest absolute Gasteiger partial charge is 0.462 e. The molecule has 4 aromatic heterocycles. The molecule has 5 aromatic rings. The number of H-pyrrole nitrogens is 1. The molecule has 144 valence electrons. The Bertz CT molecular complexity index is 1280. The minimum absolute atomic E-state index is 0.491. The number of thioether (sulfide) groups is 1. The number of thiazole rings is 1. The Morgan fingerprint density at radius 3 is 2.97 bits per heavy atom. The van der Waals surface area contributed by atoms with Gasteiger partial charge >= 0.3 is 0 Å². The van der Waals surface area contributed by atoms with E-state index in [1.165, 1.54) is 18.2 Å². The van der Waals surface area contributed by atoms with E-state index in [2.05, 4.69) is 43.3 Å². The molecule has 1 aliphatic carbocycles. The lowest BCUT2D eigenvalue weighted by molar-refractivity contribution is 0.581. The van der Waals surface area contributed by atoms with E-state index in [9.17, 15) is 0 Å². The summed E-state index contributed by atoms with van der Waals surface area (Å²) in [6.45, 7) is 0. The Hall–Kier alpha value is -2.84. The molecule has 6 rings (SSSR count). The summed E-state index contributed by atoms with van der Waals surface area (Å²) >= 11 is 3.30. The van der Waals surface area contributed by atoms with Crippen molar-refractivity contribution < 1.29 is 4.42 Å². The van der Waals surface area contributed by atoms with Crippen LogP contribution >= 0.6 is 23.1 Å². The topological polar surface area (TPSA) is 72.5 Å². The molecule has 0 spiro atoms. The summed E-state index contributed by atoms with van der Waals surface area (Å²) in [6, 6.07) is 12.6. The minimum Gasteiger partial charge on any atom is -0.462 e. The zero-order chi connectivity index (χ0) is 19.2. The molecule has 29 heavy (non-hydrogen) atoms. The Kier molecular flexibility index (Phi) is 4.05. The van der Waals surface area contributed by atoms with Crippen LogP contribution in [0.15, 0.2) is 63.8 Å². The van der Waals surface area contributed by atoms with Gasteiger partial charge in [0.25, 0.3) is 0 Å². The first-order valence-electron chi connectivity index (χ1n) is 9.49. The minimum atomic E-state index is 0.491. The van der Waals surface area contributed by atoms with E-state index in [0.717, 1.165) is 44.3 Å². The van der Waals surface area contributed by atoms with Gasteiger partial charge in [-0.15, -0.1) is 21.5 Å². The lowest BCUT2D eigenvalue weighted by atomic mass is 10.1. The van der Waals surface area contributed by atoms with Crippen molar-refractivity contribution >= 4 is 34.0 Å². The molecule has 4 heterocycles. The highest BCUT2D eigenvalue weighted by Crippen LogP contribution is 2.42. The third-order valence-electron chi connectivity index (χ3n) is 5.04. The molecule has 1 aromatic carbocycles. The Labute approximate surface area is 175 Å². The molecule has 1 fully saturated rings. The number of hydrogen-bond donors (Lipinski definition) is 1. The van der Waals surface area contributed by atoms with Crippen LogP contribution in [-0.2, 0) is 5.75 Å². The van der Waals surface area contributed by atoms with E-state index in [-0.39, 0.29) is 0 Å². The van der Waals surface area contributed by atoms with E-state index in [1.54, 1.807) is 29.4 Å². The third-order valence-corrected chi connectivity index (χ3v) is 6.92. The van der Waals surface area contributed by atoms with E-state index in [0.29, 0.717) is 6.04 Å². The molecule has 1 aliphatic rings. The summed E-state index contributed by atoms with van der Waals surface area (Å²) in [4.78, 5) is 8.05. The summed E-state index contributed by atoms with van der Waals surface area (Å²) in [7, 11) is 0. The van der Waals surface area contributed by atoms with Crippen molar-refractivity contribution in [3.8, 4) is 22.2 Å². The highest BCUT2D eigenvalue weighted by atomic mass is 32.2. The molecule has 0 aliphatic heterocycles. The van der Waals surface area contributed by atoms with Gasteiger partial charge in [0.15, 0.2) is 21.7 Å². The summed E-state index contributed by atoms with van der Waals surface area (Å²) in [5.41, 5.74) is 3.26. The highest BCUT2D eigenvalue weighted by molar-refractivity contribution is 7.98. The molecule has 8 heteroatoms. The van der Waals surface area contributed by atoms with Gasteiger partial charge < -0.3 is 9.40 Å². The highest BCUT2D eigenvalue weighted by Gasteiger charge is 2.31. The second-order valence-electron chi connectivity index (χ2n) is 7.07.